The maximum atomic E-state index is 5.92. The number of anilines is 1. The molecule has 2 rings (SSSR count). The first kappa shape index (κ1) is 11.5. The largest absolute Gasteiger partial charge is 0.481 e. The fraction of sp³-hybridized carbons (Fsp3) is 0.636. The number of rotatable bonds is 5. The molecule has 0 unspecified atom stereocenters. The summed E-state index contributed by atoms with van der Waals surface area (Å²) in [6.07, 6.45) is 3.91. The summed E-state index contributed by atoms with van der Waals surface area (Å²) < 4.78 is 5.14. The lowest BCUT2D eigenvalue weighted by atomic mass is 10.1. The van der Waals surface area contributed by atoms with E-state index in [0.29, 0.717) is 11.8 Å². The van der Waals surface area contributed by atoms with Gasteiger partial charge in [-0.1, -0.05) is 0 Å². The maximum Gasteiger partial charge on any atom is 0.221 e. The van der Waals surface area contributed by atoms with E-state index in [0.717, 1.165) is 17.9 Å². The Morgan fingerprint density at radius 3 is 2.81 bits per heavy atom. The van der Waals surface area contributed by atoms with Gasteiger partial charge in [-0.15, -0.1) is 11.6 Å². The molecule has 0 radical (unpaired) electrons. The molecule has 0 bridgehead atoms. The van der Waals surface area contributed by atoms with Crippen molar-refractivity contribution in [1.82, 2.24) is 9.97 Å². The number of hydrogen-bond donors (Lipinski definition) is 1. The molecule has 88 valence electrons. The Labute approximate surface area is 100 Å². The molecule has 1 aromatic rings. The van der Waals surface area contributed by atoms with Gasteiger partial charge in [-0.3, -0.25) is 0 Å². The van der Waals surface area contributed by atoms with Gasteiger partial charge in [0.05, 0.1) is 12.7 Å². The lowest BCUT2D eigenvalue weighted by Gasteiger charge is -2.15. The smallest absolute Gasteiger partial charge is 0.221 e. The predicted molar refractivity (Wildman–Crippen MR) is 64.2 cm³/mol. The van der Waals surface area contributed by atoms with Crippen molar-refractivity contribution in [2.45, 2.75) is 19.8 Å². The van der Waals surface area contributed by atoms with Crippen LogP contribution in [0.25, 0.3) is 0 Å². The Morgan fingerprint density at radius 2 is 2.25 bits per heavy atom. The van der Waals surface area contributed by atoms with Gasteiger partial charge in [-0.2, -0.15) is 0 Å². The third-order valence-corrected chi connectivity index (χ3v) is 3.67. The summed E-state index contributed by atoms with van der Waals surface area (Å²) in [5.41, 5.74) is 1.22. The zero-order valence-electron chi connectivity index (χ0n) is 9.59. The van der Waals surface area contributed by atoms with Gasteiger partial charge in [0.1, 0.15) is 12.1 Å². The summed E-state index contributed by atoms with van der Waals surface area (Å²) >= 11 is 5.92. The van der Waals surface area contributed by atoms with E-state index in [9.17, 15) is 0 Å². The van der Waals surface area contributed by atoms with Crippen molar-refractivity contribution in [3.05, 3.63) is 11.9 Å². The molecule has 0 aliphatic heterocycles. The van der Waals surface area contributed by atoms with E-state index >= 15 is 0 Å². The molecule has 5 heteroatoms. The third-order valence-electron chi connectivity index (χ3n) is 3.10. The van der Waals surface area contributed by atoms with Crippen molar-refractivity contribution in [2.75, 3.05) is 24.9 Å². The number of ether oxygens (including phenoxy) is 1. The molecule has 1 aromatic heterocycles. The Morgan fingerprint density at radius 1 is 1.50 bits per heavy atom. The number of nitrogens with zero attached hydrogens (tertiary/aromatic N) is 2. The number of aromatic nitrogens is 2. The molecule has 1 fully saturated rings. The topological polar surface area (TPSA) is 47.0 Å². The summed E-state index contributed by atoms with van der Waals surface area (Å²) in [6.45, 7) is 2.82. The summed E-state index contributed by atoms with van der Waals surface area (Å²) in [4.78, 5) is 8.24. The van der Waals surface area contributed by atoms with Crippen LogP contribution in [0.4, 0.5) is 5.82 Å². The van der Waals surface area contributed by atoms with E-state index in [1.54, 1.807) is 7.11 Å². The van der Waals surface area contributed by atoms with Crippen LogP contribution in [-0.4, -0.2) is 29.5 Å². The molecular weight excluding hydrogens is 226 g/mol. The minimum Gasteiger partial charge on any atom is -0.481 e. The lowest BCUT2D eigenvalue weighted by Crippen LogP contribution is -2.18. The van der Waals surface area contributed by atoms with Crippen LogP contribution < -0.4 is 10.1 Å². The average molecular weight is 242 g/mol. The second-order valence-electron chi connectivity index (χ2n) is 4.34. The van der Waals surface area contributed by atoms with Gasteiger partial charge in [0.2, 0.25) is 5.88 Å². The summed E-state index contributed by atoms with van der Waals surface area (Å²) in [5, 5.41) is 3.33. The maximum absolute atomic E-state index is 5.92. The molecule has 1 N–H and O–H groups in total. The molecule has 0 amide bonds. The third kappa shape index (κ3) is 2.21. The van der Waals surface area contributed by atoms with Crippen molar-refractivity contribution < 1.29 is 4.74 Å². The van der Waals surface area contributed by atoms with E-state index < -0.39 is 0 Å². The van der Waals surface area contributed by atoms with Crippen molar-refractivity contribution in [3.8, 4) is 5.88 Å². The highest BCUT2D eigenvalue weighted by atomic mass is 35.5. The molecule has 1 aliphatic rings. The van der Waals surface area contributed by atoms with E-state index in [4.69, 9.17) is 16.3 Å². The molecule has 0 saturated heterocycles. The van der Waals surface area contributed by atoms with Gasteiger partial charge in [0.25, 0.3) is 0 Å². The van der Waals surface area contributed by atoms with Crippen LogP contribution in [0, 0.1) is 12.3 Å². The Balaban J connectivity index is 2.04. The van der Waals surface area contributed by atoms with Gasteiger partial charge >= 0.3 is 0 Å². The van der Waals surface area contributed by atoms with E-state index in [2.05, 4.69) is 15.3 Å². The lowest BCUT2D eigenvalue weighted by molar-refractivity contribution is 0.393. The molecule has 1 saturated carbocycles. The fourth-order valence-electron chi connectivity index (χ4n) is 1.62. The van der Waals surface area contributed by atoms with Gasteiger partial charge in [0.15, 0.2) is 0 Å². The first-order valence-corrected chi connectivity index (χ1v) is 5.90. The van der Waals surface area contributed by atoms with Gasteiger partial charge in [0, 0.05) is 17.8 Å². The van der Waals surface area contributed by atoms with Crippen LogP contribution in [0.3, 0.4) is 0 Å². The zero-order valence-corrected chi connectivity index (χ0v) is 10.3. The molecule has 1 heterocycles. The molecule has 0 aromatic carbocycles. The van der Waals surface area contributed by atoms with Gasteiger partial charge in [-0.25, -0.2) is 9.97 Å². The molecular formula is C11H16ClN3O. The van der Waals surface area contributed by atoms with Crippen LogP contribution in [0.5, 0.6) is 5.88 Å². The quantitative estimate of drug-likeness (QED) is 0.803. The van der Waals surface area contributed by atoms with Crippen LogP contribution >= 0.6 is 11.6 Å². The first-order chi connectivity index (χ1) is 7.71. The molecule has 0 spiro atoms. The van der Waals surface area contributed by atoms with Gasteiger partial charge < -0.3 is 10.1 Å². The highest BCUT2D eigenvalue weighted by Gasteiger charge is 2.41. The average Bonchev–Trinajstić information content (AvgIpc) is 3.08. The minimum atomic E-state index is 0.284. The Kier molecular flexibility index (Phi) is 3.19. The number of alkyl halides is 1. The van der Waals surface area contributed by atoms with Crippen LogP contribution in [0.2, 0.25) is 0 Å². The number of methoxy groups -OCH3 is 1. The molecule has 0 atom stereocenters. The molecule has 16 heavy (non-hydrogen) atoms. The van der Waals surface area contributed by atoms with Crippen LogP contribution in [0.15, 0.2) is 6.33 Å². The zero-order chi connectivity index (χ0) is 11.6. The fourth-order valence-corrected chi connectivity index (χ4v) is 1.99. The summed E-state index contributed by atoms with van der Waals surface area (Å²) in [5.74, 6) is 2.16. The van der Waals surface area contributed by atoms with Crippen molar-refractivity contribution in [1.29, 1.82) is 0 Å². The van der Waals surface area contributed by atoms with E-state index in [-0.39, 0.29) is 5.41 Å². The highest BCUT2D eigenvalue weighted by Crippen LogP contribution is 2.46. The SMILES string of the molecule is COc1ncnc(NCC2(CCl)CC2)c1C. The van der Waals surface area contributed by atoms with Crippen molar-refractivity contribution in [2.24, 2.45) is 5.41 Å². The minimum absolute atomic E-state index is 0.284. The van der Waals surface area contributed by atoms with E-state index in [1.807, 2.05) is 6.92 Å². The second-order valence-corrected chi connectivity index (χ2v) is 4.61. The van der Waals surface area contributed by atoms with Crippen LogP contribution in [0.1, 0.15) is 18.4 Å². The Hall–Kier alpha value is -1.03. The van der Waals surface area contributed by atoms with Gasteiger partial charge in [-0.05, 0) is 19.8 Å². The number of halogens is 1. The summed E-state index contributed by atoms with van der Waals surface area (Å²) in [7, 11) is 1.61. The molecule has 4 nitrogen and oxygen atoms in total. The highest BCUT2D eigenvalue weighted by molar-refractivity contribution is 6.18. The predicted octanol–water partition coefficient (Wildman–Crippen LogP) is 2.22. The van der Waals surface area contributed by atoms with Crippen molar-refractivity contribution >= 4 is 17.4 Å². The van der Waals surface area contributed by atoms with E-state index in [1.165, 1.54) is 19.2 Å². The second kappa shape index (κ2) is 4.45. The van der Waals surface area contributed by atoms with Crippen molar-refractivity contribution in [3.63, 3.8) is 0 Å². The molecule has 1 aliphatic carbocycles. The normalized spacial score (nSPS) is 16.9. The summed E-state index contributed by atoms with van der Waals surface area (Å²) in [6, 6.07) is 0. The number of nitrogens with one attached hydrogen (secondary N) is 1. The standard InChI is InChI=1S/C11H16ClN3O/c1-8-9(14-7-15-10(8)16-2)13-6-11(5-12)3-4-11/h7H,3-6H2,1-2H3,(H,13,14,15). The first-order valence-electron chi connectivity index (χ1n) is 5.36. The number of hydrogen-bond acceptors (Lipinski definition) is 4. The van der Waals surface area contributed by atoms with Crippen LogP contribution in [-0.2, 0) is 0 Å². The Bertz CT molecular complexity index is 379. The monoisotopic (exact) mass is 241 g/mol.